The average Bonchev–Trinajstić information content (AvgIpc) is 2.43. The van der Waals surface area contributed by atoms with Crippen LogP contribution in [0.3, 0.4) is 0 Å². The summed E-state index contributed by atoms with van der Waals surface area (Å²) in [6.45, 7) is 0. The molecule has 2 aromatic rings. The number of hydrogen-bond donors (Lipinski definition) is 2. The maximum Gasteiger partial charge on any atom is 0.255 e. The monoisotopic (exact) mass is 273 g/mol. The summed E-state index contributed by atoms with van der Waals surface area (Å²) in [5.41, 5.74) is 7.28. The van der Waals surface area contributed by atoms with Crippen molar-refractivity contribution in [2.75, 3.05) is 30.0 Å². The van der Waals surface area contributed by atoms with E-state index in [0.717, 1.165) is 5.69 Å². The van der Waals surface area contributed by atoms with E-state index in [1.54, 1.807) is 12.1 Å². The van der Waals surface area contributed by atoms with Crippen molar-refractivity contribution in [3.63, 3.8) is 0 Å². The summed E-state index contributed by atoms with van der Waals surface area (Å²) in [4.78, 5) is 14.0. The number of para-hydroxylation sites is 1. The van der Waals surface area contributed by atoms with Gasteiger partial charge in [-0.1, -0.05) is 6.07 Å². The molecule has 104 valence electrons. The molecule has 0 aliphatic carbocycles. The molecule has 0 fully saturated rings. The number of halogens is 1. The Kier molecular flexibility index (Phi) is 3.89. The summed E-state index contributed by atoms with van der Waals surface area (Å²) in [5.74, 6) is -0.949. The van der Waals surface area contributed by atoms with Gasteiger partial charge >= 0.3 is 0 Å². The molecule has 20 heavy (non-hydrogen) atoms. The molecule has 0 aliphatic rings. The van der Waals surface area contributed by atoms with Gasteiger partial charge in [0, 0.05) is 25.3 Å². The van der Waals surface area contributed by atoms with Gasteiger partial charge in [0.1, 0.15) is 11.5 Å². The number of rotatable bonds is 3. The molecule has 0 aliphatic heterocycles. The first-order valence-corrected chi connectivity index (χ1v) is 6.12. The van der Waals surface area contributed by atoms with Crippen LogP contribution in [0, 0.1) is 5.82 Å². The summed E-state index contributed by atoms with van der Waals surface area (Å²) in [6, 6.07) is 11.3. The molecule has 3 N–H and O–H groups in total. The summed E-state index contributed by atoms with van der Waals surface area (Å²) >= 11 is 0. The Morgan fingerprint density at radius 1 is 1.15 bits per heavy atom. The van der Waals surface area contributed by atoms with Gasteiger partial charge in [-0.2, -0.15) is 0 Å². The number of nitrogens with zero attached hydrogens (tertiary/aromatic N) is 1. The van der Waals surface area contributed by atoms with Crippen molar-refractivity contribution in [2.24, 2.45) is 0 Å². The molecule has 0 unspecified atom stereocenters. The predicted molar refractivity (Wildman–Crippen MR) is 79.5 cm³/mol. The van der Waals surface area contributed by atoms with Crippen LogP contribution in [0.1, 0.15) is 10.4 Å². The second kappa shape index (κ2) is 5.61. The van der Waals surface area contributed by atoms with E-state index in [-0.39, 0.29) is 11.4 Å². The number of hydrogen-bond acceptors (Lipinski definition) is 3. The summed E-state index contributed by atoms with van der Waals surface area (Å²) in [6.07, 6.45) is 0. The Balaban J connectivity index is 2.20. The third-order valence-corrected chi connectivity index (χ3v) is 2.93. The van der Waals surface area contributed by atoms with Crippen molar-refractivity contribution in [1.82, 2.24) is 0 Å². The van der Waals surface area contributed by atoms with Crippen molar-refractivity contribution in [2.45, 2.75) is 0 Å². The molecule has 0 heterocycles. The number of amides is 1. The zero-order chi connectivity index (χ0) is 14.7. The molecule has 0 bridgehead atoms. The second-order valence-corrected chi connectivity index (χ2v) is 4.60. The zero-order valence-corrected chi connectivity index (χ0v) is 11.4. The van der Waals surface area contributed by atoms with Crippen LogP contribution in [0.5, 0.6) is 0 Å². The molecule has 0 atom stereocenters. The quantitative estimate of drug-likeness (QED) is 0.845. The molecule has 0 saturated carbocycles. The van der Waals surface area contributed by atoms with E-state index in [1.807, 2.05) is 31.1 Å². The SMILES string of the molecule is CN(C)c1ccc(C(=O)Nc2c(N)cccc2F)cc1. The van der Waals surface area contributed by atoms with Gasteiger partial charge in [0.05, 0.1) is 5.69 Å². The molecule has 0 aromatic heterocycles. The van der Waals surface area contributed by atoms with Crippen LogP contribution in [-0.4, -0.2) is 20.0 Å². The number of nitrogens with two attached hydrogens (primary N) is 1. The van der Waals surface area contributed by atoms with E-state index in [0.29, 0.717) is 5.56 Å². The van der Waals surface area contributed by atoms with Gasteiger partial charge in [-0.25, -0.2) is 4.39 Å². The lowest BCUT2D eigenvalue weighted by Gasteiger charge is -2.13. The molecule has 5 heteroatoms. The van der Waals surface area contributed by atoms with Crippen LogP contribution in [-0.2, 0) is 0 Å². The van der Waals surface area contributed by atoms with Gasteiger partial charge < -0.3 is 16.0 Å². The normalized spacial score (nSPS) is 10.2. The van der Waals surface area contributed by atoms with Crippen molar-refractivity contribution in [3.8, 4) is 0 Å². The maximum absolute atomic E-state index is 13.6. The number of benzene rings is 2. The van der Waals surface area contributed by atoms with Crippen LogP contribution in [0.25, 0.3) is 0 Å². The highest BCUT2D eigenvalue weighted by molar-refractivity contribution is 6.06. The topological polar surface area (TPSA) is 58.4 Å². The first kappa shape index (κ1) is 13.9. The maximum atomic E-state index is 13.6. The minimum absolute atomic E-state index is 0.00851. The fourth-order valence-corrected chi connectivity index (χ4v) is 1.77. The molecular formula is C15H16FN3O. The van der Waals surface area contributed by atoms with Gasteiger partial charge in [-0.05, 0) is 36.4 Å². The van der Waals surface area contributed by atoms with Gasteiger partial charge in [0.25, 0.3) is 5.91 Å². The molecular weight excluding hydrogens is 257 g/mol. The van der Waals surface area contributed by atoms with E-state index >= 15 is 0 Å². The summed E-state index contributed by atoms with van der Waals surface area (Å²) in [5, 5.41) is 2.49. The number of nitrogen functional groups attached to an aromatic ring is 1. The molecule has 0 spiro atoms. The second-order valence-electron chi connectivity index (χ2n) is 4.60. The van der Waals surface area contributed by atoms with Crippen molar-refractivity contribution >= 4 is 23.0 Å². The van der Waals surface area contributed by atoms with Crippen LogP contribution >= 0.6 is 0 Å². The zero-order valence-electron chi connectivity index (χ0n) is 11.4. The van der Waals surface area contributed by atoms with E-state index in [2.05, 4.69) is 5.32 Å². The Hall–Kier alpha value is -2.56. The summed E-state index contributed by atoms with van der Waals surface area (Å²) < 4.78 is 13.6. The van der Waals surface area contributed by atoms with Crippen molar-refractivity contribution < 1.29 is 9.18 Å². The predicted octanol–water partition coefficient (Wildman–Crippen LogP) is 2.73. The fourth-order valence-electron chi connectivity index (χ4n) is 1.77. The average molecular weight is 273 g/mol. The fraction of sp³-hybridized carbons (Fsp3) is 0.133. The summed E-state index contributed by atoms with van der Waals surface area (Å²) in [7, 11) is 3.82. The van der Waals surface area contributed by atoms with E-state index in [4.69, 9.17) is 5.73 Å². The first-order valence-electron chi connectivity index (χ1n) is 6.12. The van der Waals surface area contributed by atoms with E-state index in [9.17, 15) is 9.18 Å². The standard InChI is InChI=1S/C15H16FN3O/c1-19(2)11-8-6-10(7-9-11)15(20)18-14-12(16)4-3-5-13(14)17/h3-9H,17H2,1-2H3,(H,18,20). The highest BCUT2D eigenvalue weighted by atomic mass is 19.1. The smallest absolute Gasteiger partial charge is 0.255 e. The molecule has 2 aromatic carbocycles. The minimum atomic E-state index is -0.553. The lowest BCUT2D eigenvalue weighted by atomic mass is 10.1. The van der Waals surface area contributed by atoms with Gasteiger partial charge in [-0.3, -0.25) is 4.79 Å². The number of carbonyl (C=O) groups excluding carboxylic acids is 1. The third-order valence-electron chi connectivity index (χ3n) is 2.93. The van der Waals surface area contributed by atoms with Gasteiger partial charge in [0.2, 0.25) is 0 Å². The number of anilines is 3. The Labute approximate surface area is 117 Å². The van der Waals surface area contributed by atoms with E-state index in [1.165, 1.54) is 18.2 Å². The van der Waals surface area contributed by atoms with Crippen molar-refractivity contribution in [3.05, 3.63) is 53.8 Å². The van der Waals surface area contributed by atoms with E-state index < -0.39 is 11.7 Å². The van der Waals surface area contributed by atoms with Crippen LogP contribution in [0.4, 0.5) is 21.5 Å². The van der Waals surface area contributed by atoms with Gasteiger partial charge in [0.15, 0.2) is 0 Å². The Bertz CT molecular complexity index is 603. The van der Waals surface area contributed by atoms with Crippen LogP contribution in [0.2, 0.25) is 0 Å². The molecule has 2 rings (SSSR count). The largest absolute Gasteiger partial charge is 0.397 e. The van der Waals surface area contributed by atoms with Crippen LogP contribution < -0.4 is 16.0 Å². The highest BCUT2D eigenvalue weighted by Gasteiger charge is 2.11. The third kappa shape index (κ3) is 2.88. The Morgan fingerprint density at radius 3 is 2.35 bits per heavy atom. The molecule has 1 amide bonds. The van der Waals surface area contributed by atoms with Crippen LogP contribution in [0.15, 0.2) is 42.5 Å². The van der Waals surface area contributed by atoms with Gasteiger partial charge in [-0.15, -0.1) is 0 Å². The number of nitrogens with one attached hydrogen (secondary N) is 1. The van der Waals surface area contributed by atoms with Crippen molar-refractivity contribution in [1.29, 1.82) is 0 Å². The highest BCUT2D eigenvalue weighted by Crippen LogP contribution is 2.22. The lowest BCUT2D eigenvalue weighted by Crippen LogP contribution is -2.15. The first-order chi connectivity index (χ1) is 9.49. The lowest BCUT2D eigenvalue weighted by molar-refractivity contribution is 0.102. The number of carbonyl (C=O) groups is 1. The molecule has 4 nitrogen and oxygen atoms in total. The molecule has 0 radical (unpaired) electrons. The minimum Gasteiger partial charge on any atom is -0.397 e. The Morgan fingerprint density at radius 2 is 1.80 bits per heavy atom. The molecule has 0 saturated heterocycles.